The Balaban J connectivity index is 1.46. The molecule has 0 spiro atoms. The number of amides is 2. The van der Waals surface area contributed by atoms with Gasteiger partial charge in [-0.1, -0.05) is 35.9 Å². The SMILES string of the molecule is O=C(c1ccccc1F)N1CCCN(C(=O)C2(c3cccc(Cl)c3)CC2)CC1. The highest BCUT2D eigenvalue weighted by atomic mass is 35.5. The van der Waals surface area contributed by atoms with Crippen molar-refractivity contribution < 1.29 is 14.0 Å². The fraction of sp³-hybridized carbons (Fsp3) is 0.364. The molecule has 2 aliphatic rings. The van der Waals surface area contributed by atoms with Gasteiger partial charge in [-0.25, -0.2) is 4.39 Å². The average Bonchev–Trinajstić information content (AvgIpc) is 3.52. The number of hydrogen-bond donors (Lipinski definition) is 0. The maximum absolute atomic E-state index is 14.0. The van der Waals surface area contributed by atoms with Crippen LogP contribution in [0, 0.1) is 5.82 Å². The van der Waals surface area contributed by atoms with Gasteiger partial charge in [-0.2, -0.15) is 0 Å². The van der Waals surface area contributed by atoms with Gasteiger partial charge in [-0.3, -0.25) is 9.59 Å². The predicted octanol–water partition coefficient (Wildman–Crippen LogP) is 3.89. The van der Waals surface area contributed by atoms with Crippen molar-refractivity contribution in [3.63, 3.8) is 0 Å². The fourth-order valence-corrected chi connectivity index (χ4v) is 4.16. The van der Waals surface area contributed by atoms with Crippen LogP contribution in [0.3, 0.4) is 0 Å². The summed E-state index contributed by atoms with van der Waals surface area (Å²) < 4.78 is 14.0. The molecule has 1 aliphatic carbocycles. The van der Waals surface area contributed by atoms with E-state index in [2.05, 4.69) is 0 Å². The van der Waals surface area contributed by atoms with Gasteiger partial charge in [0.15, 0.2) is 0 Å². The zero-order valence-corrected chi connectivity index (χ0v) is 16.3. The number of carbonyl (C=O) groups excluding carboxylic acids is 2. The lowest BCUT2D eigenvalue weighted by molar-refractivity contribution is -0.133. The lowest BCUT2D eigenvalue weighted by Crippen LogP contribution is -2.42. The van der Waals surface area contributed by atoms with Gasteiger partial charge in [0.05, 0.1) is 11.0 Å². The predicted molar refractivity (Wildman–Crippen MR) is 106 cm³/mol. The van der Waals surface area contributed by atoms with Crippen LogP contribution in [0.15, 0.2) is 48.5 Å². The first-order valence-electron chi connectivity index (χ1n) is 9.60. The van der Waals surface area contributed by atoms with E-state index in [9.17, 15) is 14.0 Å². The van der Waals surface area contributed by atoms with E-state index in [4.69, 9.17) is 11.6 Å². The molecule has 2 aromatic carbocycles. The first kappa shape index (κ1) is 18.9. The van der Waals surface area contributed by atoms with E-state index in [-0.39, 0.29) is 17.4 Å². The van der Waals surface area contributed by atoms with E-state index in [1.54, 1.807) is 17.0 Å². The molecule has 28 heavy (non-hydrogen) atoms. The number of halogens is 2. The van der Waals surface area contributed by atoms with E-state index in [1.165, 1.54) is 12.1 Å². The van der Waals surface area contributed by atoms with Gasteiger partial charge in [0.25, 0.3) is 5.91 Å². The molecule has 0 unspecified atom stereocenters. The Morgan fingerprint density at radius 2 is 1.64 bits per heavy atom. The van der Waals surface area contributed by atoms with Crippen LogP contribution < -0.4 is 0 Å². The van der Waals surface area contributed by atoms with E-state index in [0.29, 0.717) is 37.6 Å². The van der Waals surface area contributed by atoms with Crippen molar-refractivity contribution in [1.29, 1.82) is 0 Å². The van der Waals surface area contributed by atoms with Crippen LogP contribution in [0.2, 0.25) is 5.02 Å². The monoisotopic (exact) mass is 400 g/mol. The van der Waals surface area contributed by atoms with Crippen LogP contribution in [0.1, 0.15) is 35.2 Å². The zero-order chi connectivity index (χ0) is 19.7. The molecule has 1 aliphatic heterocycles. The first-order valence-corrected chi connectivity index (χ1v) is 9.98. The Bertz CT molecular complexity index is 913. The molecule has 0 radical (unpaired) electrons. The third-order valence-corrected chi connectivity index (χ3v) is 5.95. The second-order valence-corrected chi connectivity index (χ2v) is 7.95. The molecule has 4 nitrogen and oxygen atoms in total. The number of hydrogen-bond acceptors (Lipinski definition) is 2. The van der Waals surface area contributed by atoms with Gasteiger partial charge in [-0.15, -0.1) is 0 Å². The second kappa shape index (κ2) is 7.55. The van der Waals surface area contributed by atoms with Crippen LogP contribution in [-0.4, -0.2) is 47.8 Å². The Kier molecular flexibility index (Phi) is 5.11. The summed E-state index contributed by atoms with van der Waals surface area (Å²) >= 11 is 6.12. The standard InChI is InChI=1S/C22H22ClFN2O2/c23-17-6-3-5-16(15-17)22(9-10-22)21(28)26-12-4-11-25(13-14-26)20(27)18-7-1-2-8-19(18)24/h1-3,5-8,15H,4,9-14H2. The van der Waals surface area contributed by atoms with E-state index in [0.717, 1.165) is 18.4 Å². The Morgan fingerprint density at radius 3 is 2.36 bits per heavy atom. The summed E-state index contributed by atoms with van der Waals surface area (Å²) in [5.74, 6) is -0.721. The molecule has 1 saturated heterocycles. The summed E-state index contributed by atoms with van der Waals surface area (Å²) in [6.45, 7) is 1.98. The molecule has 2 fully saturated rings. The Hall–Kier alpha value is -2.40. The second-order valence-electron chi connectivity index (χ2n) is 7.51. The summed E-state index contributed by atoms with van der Waals surface area (Å²) in [5, 5.41) is 0.633. The molecule has 0 aromatic heterocycles. The lowest BCUT2D eigenvalue weighted by Gasteiger charge is -2.27. The molecule has 2 amide bonds. The van der Waals surface area contributed by atoms with Gasteiger partial charge in [0.2, 0.25) is 5.91 Å². The smallest absolute Gasteiger partial charge is 0.256 e. The van der Waals surface area contributed by atoms with Crippen molar-refractivity contribution in [3.05, 3.63) is 70.5 Å². The van der Waals surface area contributed by atoms with Crippen molar-refractivity contribution in [2.75, 3.05) is 26.2 Å². The zero-order valence-electron chi connectivity index (χ0n) is 15.5. The highest BCUT2D eigenvalue weighted by molar-refractivity contribution is 6.30. The van der Waals surface area contributed by atoms with Crippen LogP contribution in [0.25, 0.3) is 0 Å². The minimum absolute atomic E-state index is 0.0832. The number of benzene rings is 2. The number of nitrogens with zero attached hydrogens (tertiary/aromatic N) is 2. The van der Waals surface area contributed by atoms with Gasteiger partial charge in [-0.05, 0) is 49.1 Å². The van der Waals surface area contributed by atoms with Gasteiger partial charge < -0.3 is 9.80 Å². The largest absolute Gasteiger partial charge is 0.340 e. The van der Waals surface area contributed by atoms with Crippen LogP contribution in [0.4, 0.5) is 4.39 Å². The molecule has 2 aromatic rings. The highest BCUT2D eigenvalue weighted by Gasteiger charge is 2.53. The summed E-state index contributed by atoms with van der Waals surface area (Å²) in [4.78, 5) is 29.4. The quantitative estimate of drug-likeness (QED) is 0.784. The first-order chi connectivity index (χ1) is 13.5. The summed E-state index contributed by atoms with van der Waals surface area (Å²) in [6, 6.07) is 13.5. The molecule has 146 valence electrons. The molecule has 0 atom stereocenters. The third kappa shape index (κ3) is 3.51. The van der Waals surface area contributed by atoms with Crippen molar-refractivity contribution in [2.45, 2.75) is 24.7 Å². The summed E-state index contributed by atoms with van der Waals surface area (Å²) in [5.41, 5.74) is 0.573. The molecule has 1 heterocycles. The minimum atomic E-state index is -0.512. The maximum atomic E-state index is 14.0. The fourth-order valence-electron chi connectivity index (χ4n) is 3.97. The molecular formula is C22H22ClFN2O2. The molecule has 0 N–H and O–H groups in total. The van der Waals surface area contributed by atoms with Crippen LogP contribution in [0.5, 0.6) is 0 Å². The van der Waals surface area contributed by atoms with Crippen molar-refractivity contribution in [3.8, 4) is 0 Å². The van der Waals surface area contributed by atoms with E-state index in [1.807, 2.05) is 29.2 Å². The summed E-state index contributed by atoms with van der Waals surface area (Å²) in [7, 11) is 0. The van der Waals surface area contributed by atoms with Gasteiger partial charge in [0, 0.05) is 31.2 Å². The van der Waals surface area contributed by atoms with Crippen LogP contribution in [-0.2, 0) is 10.2 Å². The van der Waals surface area contributed by atoms with Gasteiger partial charge >= 0.3 is 0 Å². The van der Waals surface area contributed by atoms with Crippen molar-refractivity contribution >= 4 is 23.4 Å². The normalized spacial score (nSPS) is 18.5. The molecule has 0 bridgehead atoms. The van der Waals surface area contributed by atoms with Crippen molar-refractivity contribution in [1.82, 2.24) is 9.80 Å². The molecule has 6 heteroatoms. The molecular weight excluding hydrogens is 379 g/mol. The number of rotatable bonds is 3. The highest BCUT2D eigenvalue weighted by Crippen LogP contribution is 2.50. The molecule has 4 rings (SSSR count). The van der Waals surface area contributed by atoms with E-state index >= 15 is 0 Å². The number of carbonyl (C=O) groups is 2. The topological polar surface area (TPSA) is 40.6 Å². The molecule has 1 saturated carbocycles. The van der Waals surface area contributed by atoms with Gasteiger partial charge in [0.1, 0.15) is 5.82 Å². The lowest BCUT2D eigenvalue weighted by atomic mass is 9.94. The minimum Gasteiger partial charge on any atom is -0.340 e. The Labute approximate surface area is 168 Å². The van der Waals surface area contributed by atoms with Crippen molar-refractivity contribution in [2.24, 2.45) is 0 Å². The Morgan fingerprint density at radius 1 is 0.929 bits per heavy atom. The summed E-state index contributed by atoms with van der Waals surface area (Å²) in [6.07, 6.45) is 2.32. The average molecular weight is 401 g/mol. The van der Waals surface area contributed by atoms with E-state index < -0.39 is 11.2 Å². The third-order valence-electron chi connectivity index (χ3n) is 5.71. The van der Waals surface area contributed by atoms with Crippen LogP contribution >= 0.6 is 11.6 Å². The maximum Gasteiger partial charge on any atom is 0.256 e.